The predicted molar refractivity (Wildman–Crippen MR) is 135 cm³/mol. The van der Waals surface area contributed by atoms with Crippen LogP contribution in [0.25, 0.3) is 12.2 Å². The van der Waals surface area contributed by atoms with E-state index in [9.17, 15) is 4.79 Å². The van der Waals surface area contributed by atoms with Gasteiger partial charge in [-0.15, -0.1) is 0 Å². The molecule has 2 aromatic carbocycles. The van der Waals surface area contributed by atoms with Crippen molar-refractivity contribution in [3.05, 3.63) is 70.3 Å². The molecule has 0 saturated carbocycles. The van der Waals surface area contributed by atoms with Crippen molar-refractivity contribution in [1.82, 2.24) is 5.32 Å². The van der Waals surface area contributed by atoms with E-state index in [1.807, 2.05) is 48.6 Å². The van der Waals surface area contributed by atoms with Crippen LogP contribution < -0.4 is 14.8 Å². The average Bonchev–Trinajstić information content (AvgIpc) is 2.85. The normalized spacial score (nSPS) is 24.2. The Hall–Kier alpha value is -3.09. The van der Waals surface area contributed by atoms with Crippen LogP contribution in [0.1, 0.15) is 34.0 Å². The Labute approximate surface area is 202 Å². The van der Waals surface area contributed by atoms with Crippen LogP contribution in [0.3, 0.4) is 0 Å². The van der Waals surface area contributed by atoms with Gasteiger partial charge < -0.3 is 24.0 Å². The zero-order chi connectivity index (χ0) is 24.1. The van der Waals surface area contributed by atoms with E-state index < -0.39 is 5.97 Å². The Bertz CT molecular complexity index is 1090. The number of carbonyl (C=O) groups is 1. The highest BCUT2D eigenvalue weighted by atomic mass is 16.5. The summed E-state index contributed by atoms with van der Waals surface area (Å²) >= 11 is 0. The average molecular weight is 464 g/mol. The Kier molecular flexibility index (Phi) is 7.39. The Morgan fingerprint density at radius 1 is 1.21 bits per heavy atom. The molecule has 2 heterocycles. The lowest BCUT2D eigenvalue weighted by Crippen LogP contribution is -2.65. The molecule has 0 amide bonds. The smallest absolute Gasteiger partial charge is 0.342 e. The van der Waals surface area contributed by atoms with E-state index >= 15 is 0 Å². The van der Waals surface area contributed by atoms with Crippen molar-refractivity contribution < 1.29 is 23.5 Å². The van der Waals surface area contributed by atoms with Gasteiger partial charge in [-0.1, -0.05) is 48.6 Å². The maximum absolute atomic E-state index is 13.1. The second-order valence-electron chi connectivity index (χ2n) is 9.37. The van der Waals surface area contributed by atoms with Gasteiger partial charge in [-0.05, 0) is 36.1 Å². The molecule has 2 unspecified atom stereocenters. The fourth-order valence-corrected chi connectivity index (χ4v) is 4.97. The number of methoxy groups -OCH3 is 2. The van der Waals surface area contributed by atoms with E-state index in [1.54, 1.807) is 7.11 Å². The standard InChI is InChI=1S/C28H35N2O4/c1-20-10-13-24-25(32-3)16-22(12-11-21-8-6-5-7-9-21)26(28(31)33-4)27(24)34-19-23-17-29-14-15-30(23,2)18-20/h5-12,16,23,29H,13-15,17-19H2,1-4H3/q+1/b12-11+,20-10+. The summed E-state index contributed by atoms with van der Waals surface area (Å²) in [6.45, 7) is 6.58. The van der Waals surface area contributed by atoms with E-state index in [-0.39, 0.29) is 6.04 Å². The van der Waals surface area contributed by atoms with E-state index in [4.69, 9.17) is 14.2 Å². The van der Waals surface area contributed by atoms with Crippen molar-refractivity contribution in [1.29, 1.82) is 0 Å². The number of piperazine rings is 1. The molecule has 2 aromatic rings. The first-order valence-corrected chi connectivity index (χ1v) is 11.8. The van der Waals surface area contributed by atoms with Crippen LogP contribution in [0.2, 0.25) is 0 Å². The van der Waals surface area contributed by atoms with Gasteiger partial charge in [-0.3, -0.25) is 0 Å². The molecule has 2 aliphatic heterocycles. The molecule has 0 aliphatic carbocycles. The van der Waals surface area contributed by atoms with Gasteiger partial charge in [0.1, 0.15) is 36.3 Å². The number of allylic oxidation sites excluding steroid dienone is 1. The molecule has 1 fully saturated rings. The maximum atomic E-state index is 13.1. The van der Waals surface area contributed by atoms with E-state index in [0.717, 1.165) is 41.8 Å². The Balaban J connectivity index is 1.85. The number of nitrogens with zero attached hydrogens (tertiary/aromatic N) is 1. The minimum absolute atomic E-state index is 0.267. The number of esters is 1. The van der Waals surface area contributed by atoms with Gasteiger partial charge in [0.25, 0.3) is 0 Å². The van der Waals surface area contributed by atoms with Crippen molar-refractivity contribution in [3.8, 4) is 11.5 Å². The van der Waals surface area contributed by atoms with Crippen molar-refractivity contribution in [3.63, 3.8) is 0 Å². The summed E-state index contributed by atoms with van der Waals surface area (Å²) < 4.78 is 18.5. The minimum Gasteiger partial charge on any atom is -0.496 e. The van der Waals surface area contributed by atoms with Crippen LogP contribution in [-0.4, -0.2) is 70.5 Å². The predicted octanol–water partition coefficient (Wildman–Crippen LogP) is 3.95. The first kappa shape index (κ1) is 24.0. The number of likely N-dealkylation sites (N-methyl/N-ethyl adjacent to an activating group) is 1. The highest BCUT2D eigenvalue weighted by Gasteiger charge is 2.37. The van der Waals surface area contributed by atoms with Crippen molar-refractivity contribution in [2.75, 3.05) is 54.1 Å². The van der Waals surface area contributed by atoms with Crippen molar-refractivity contribution in [2.24, 2.45) is 0 Å². The fraction of sp³-hybridized carbons (Fsp3) is 0.393. The van der Waals surface area contributed by atoms with Crippen molar-refractivity contribution in [2.45, 2.75) is 19.4 Å². The molecule has 2 aliphatic rings. The molecule has 1 saturated heterocycles. The molecule has 1 N–H and O–H groups in total. The largest absolute Gasteiger partial charge is 0.496 e. The molecule has 4 rings (SSSR count). The summed E-state index contributed by atoms with van der Waals surface area (Å²) in [6.07, 6.45) is 6.77. The number of fused-ring (bicyclic) bond motifs is 2. The number of ether oxygens (including phenoxy) is 3. The van der Waals surface area contributed by atoms with Gasteiger partial charge in [-0.25, -0.2) is 4.79 Å². The molecule has 34 heavy (non-hydrogen) atoms. The van der Waals surface area contributed by atoms with Gasteiger partial charge in [0.2, 0.25) is 0 Å². The first-order chi connectivity index (χ1) is 16.4. The van der Waals surface area contributed by atoms with Gasteiger partial charge in [0.15, 0.2) is 0 Å². The number of nitrogens with one attached hydrogen (secondary N) is 1. The number of rotatable bonds is 4. The zero-order valence-electron chi connectivity index (χ0n) is 20.6. The third kappa shape index (κ3) is 5.03. The van der Waals surface area contributed by atoms with Crippen molar-refractivity contribution >= 4 is 18.1 Å². The highest BCUT2D eigenvalue weighted by molar-refractivity contribution is 5.99. The van der Waals surface area contributed by atoms with Crippen LogP contribution in [0.4, 0.5) is 0 Å². The lowest BCUT2D eigenvalue weighted by Gasteiger charge is -2.45. The zero-order valence-corrected chi connectivity index (χ0v) is 20.6. The minimum atomic E-state index is -0.414. The third-order valence-corrected chi connectivity index (χ3v) is 6.98. The van der Waals surface area contributed by atoms with E-state index in [2.05, 4.69) is 25.4 Å². The molecular weight excluding hydrogens is 428 g/mol. The fourth-order valence-electron chi connectivity index (χ4n) is 4.97. The Morgan fingerprint density at radius 3 is 2.74 bits per heavy atom. The quantitative estimate of drug-likeness (QED) is 0.322. The van der Waals surface area contributed by atoms with Gasteiger partial charge in [0.05, 0.1) is 34.4 Å². The SMILES string of the molecule is COC(=O)c1c(/C=C/c2ccccc2)cc(OC)c2c1OCC1CNCC[N+]1(C)C/C(C)=C/C2. The van der Waals surface area contributed by atoms with Crippen LogP contribution in [0, 0.1) is 0 Å². The van der Waals surface area contributed by atoms with Gasteiger partial charge >= 0.3 is 5.97 Å². The lowest BCUT2D eigenvalue weighted by molar-refractivity contribution is -0.931. The molecule has 6 nitrogen and oxygen atoms in total. The topological polar surface area (TPSA) is 56.8 Å². The van der Waals surface area contributed by atoms with Gasteiger partial charge in [-0.2, -0.15) is 0 Å². The molecule has 0 radical (unpaired) electrons. The lowest BCUT2D eigenvalue weighted by atomic mass is 9.96. The molecule has 6 heteroatoms. The monoisotopic (exact) mass is 463 g/mol. The second-order valence-corrected chi connectivity index (χ2v) is 9.37. The first-order valence-electron chi connectivity index (χ1n) is 11.8. The number of hydrogen-bond acceptors (Lipinski definition) is 5. The van der Waals surface area contributed by atoms with Crippen LogP contribution >= 0.6 is 0 Å². The molecular formula is C28H35N2O4+. The highest BCUT2D eigenvalue weighted by Crippen LogP contribution is 2.38. The maximum Gasteiger partial charge on any atom is 0.342 e. The summed E-state index contributed by atoms with van der Waals surface area (Å²) in [7, 11) is 5.37. The third-order valence-electron chi connectivity index (χ3n) is 6.98. The number of benzene rings is 2. The van der Waals surface area contributed by atoms with Crippen LogP contribution in [-0.2, 0) is 11.2 Å². The van der Waals surface area contributed by atoms with Crippen LogP contribution in [0.5, 0.6) is 11.5 Å². The molecule has 0 bridgehead atoms. The van der Waals surface area contributed by atoms with E-state index in [0.29, 0.717) is 35.7 Å². The summed E-state index contributed by atoms with van der Waals surface area (Å²) in [5.41, 5.74) is 4.40. The Morgan fingerprint density at radius 2 is 2.00 bits per heavy atom. The van der Waals surface area contributed by atoms with E-state index in [1.165, 1.54) is 12.7 Å². The molecule has 2 atom stereocenters. The number of carbonyl (C=O) groups excluding carboxylic acids is 1. The number of hydrogen-bond donors (Lipinski definition) is 1. The van der Waals surface area contributed by atoms with Crippen LogP contribution in [0.15, 0.2) is 48.0 Å². The number of quaternary nitrogens is 1. The summed E-state index contributed by atoms with van der Waals surface area (Å²) in [5, 5.41) is 3.51. The summed E-state index contributed by atoms with van der Waals surface area (Å²) in [4.78, 5) is 13.1. The van der Waals surface area contributed by atoms with Gasteiger partial charge in [0, 0.05) is 12.1 Å². The second kappa shape index (κ2) is 10.5. The molecule has 0 spiro atoms. The summed E-state index contributed by atoms with van der Waals surface area (Å²) in [6, 6.07) is 12.2. The molecule has 0 aromatic heterocycles. The molecule has 180 valence electrons. The summed E-state index contributed by atoms with van der Waals surface area (Å²) in [5.74, 6) is 0.851.